The normalized spacial score (nSPS) is 16.7. The zero-order valence-electron chi connectivity index (χ0n) is 51.4. The van der Waals surface area contributed by atoms with Crippen LogP contribution in [0, 0.1) is 5.41 Å². The molecule has 1 heterocycles. The number of guanidine groups is 1. The fourth-order valence-corrected chi connectivity index (χ4v) is 11.6. The Morgan fingerprint density at radius 1 is 0.434 bits per heavy atom. The highest BCUT2D eigenvalue weighted by Gasteiger charge is 2.37. The Kier molecular flexibility index (Phi) is 50.5. The van der Waals surface area contributed by atoms with E-state index in [1.54, 1.807) is 0 Å². The number of aliphatic hydroxyl groups is 4. The number of rotatable bonds is 57. The number of β-amino-alcohol motifs (C(OH)–C–C–N with tert-alkyl or cyclic N) is 1. The molecule has 10 nitrogen and oxygen atoms in total. The molecule has 1 saturated heterocycles. The van der Waals surface area contributed by atoms with E-state index in [0.717, 1.165) is 77.0 Å². The van der Waals surface area contributed by atoms with Gasteiger partial charge in [-0.2, -0.15) is 0 Å². The van der Waals surface area contributed by atoms with Crippen LogP contribution in [-0.4, -0.2) is 123 Å². The predicted octanol–water partition coefficient (Wildman–Crippen LogP) is 17.0. The van der Waals surface area contributed by atoms with Gasteiger partial charge in [-0.05, 0) is 51.4 Å². The summed E-state index contributed by atoms with van der Waals surface area (Å²) in [6, 6.07) is -0.473. The van der Waals surface area contributed by atoms with Crippen LogP contribution in [0.25, 0.3) is 0 Å². The third-order valence-electron chi connectivity index (χ3n) is 16.6. The lowest BCUT2D eigenvalue weighted by Gasteiger charge is -2.40. The number of nitrogens with one attached hydrogen (secondary N) is 1. The maximum atomic E-state index is 14.1. The minimum Gasteiger partial charge on any atom is -0.460 e. The van der Waals surface area contributed by atoms with Gasteiger partial charge in [0, 0.05) is 39.3 Å². The van der Waals surface area contributed by atoms with Crippen LogP contribution < -0.4 is 0 Å². The van der Waals surface area contributed by atoms with E-state index in [4.69, 9.17) is 4.74 Å². The van der Waals surface area contributed by atoms with Crippen molar-refractivity contribution in [3.8, 4) is 0 Å². The molecule has 6 unspecified atom stereocenters. The van der Waals surface area contributed by atoms with Crippen LogP contribution in [0.1, 0.15) is 336 Å². The molecule has 0 aromatic rings. The molecule has 0 aromatic carbocycles. The van der Waals surface area contributed by atoms with Crippen LogP contribution in [0.2, 0.25) is 0 Å². The third kappa shape index (κ3) is 41.5. The first-order valence-electron chi connectivity index (χ1n) is 33.8. The van der Waals surface area contributed by atoms with Gasteiger partial charge in [-0.3, -0.25) is 15.1 Å². The van der Waals surface area contributed by atoms with Gasteiger partial charge in [0.05, 0.1) is 24.4 Å². The number of ether oxygens (including phenoxy) is 1. The van der Waals surface area contributed by atoms with Crippen LogP contribution in [0.4, 0.5) is 0 Å². The van der Waals surface area contributed by atoms with Gasteiger partial charge in [-0.15, -0.1) is 0 Å². The zero-order chi connectivity index (χ0) is 55.5. The van der Waals surface area contributed by atoms with E-state index < -0.39 is 30.5 Å². The molecule has 76 heavy (non-hydrogen) atoms. The zero-order valence-corrected chi connectivity index (χ0v) is 51.4. The number of morpholine rings is 1. The van der Waals surface area contributed by atoms with Crippen LogP contribution in [0.3, 0.4) is 0 Å². The molecule has 6 atom stereocenters. The molecule has 1 fully saturated rings. The Balaban J connectivity index is 3.24. The minimum absolute atomic E-state index is 0.168. The largest absolute Gasteiger partial charge is 0.460 e. The molecule has 0 aromatic heterocycles. The van der Waals surface area contributed by atoms with E-state index in [1.165, 1.54) is 193 Å². The van der Waals surface area contributed by atoms with Crippen LogP contribution in [0.5, 0.6) is 0 Å². The first-order chi connectivity index (χ1) is 37.1. The Bertz CT molecular complexity index is 1230. The second kappa shape index (κ2) is 52.9. The number of hydrogen-bond donors (Lipinski definition) is 5. The number of cyclic esters (lactones) is 1. The molecular formula is C66H132N4O6. The number of carbonyl (C=O) groups is 1. The number of esters is 1. The number of aliphatic hydroxyl groups excluding tert-OH is 4. The fraction of sp³-hybridized carbons (Fsp3) is 0.970. The molecule has 10 heteroatoms. The predicted molar refractivity (Wildman–Crippen MR) is 326 cm³/mol. The number of hydrogen-bond acceptors (Lipinski definition) is 8. The van der Waals surface area contributed by atoms with Gasteiger partial charge in [0.15, 0.2) is 5.96 Å². The van der Waals surface area contributed by atoms with Gasteiger partial charge in [0.1, 0.15) is 12.1 Å². The van der Waals surface area contributed by atoms with E-state index >= 15 is 0 Å². The Labute approximate surface area is 472 Å². The summed E-state index contributed by atoms with van der Waals surface area (Å²) in [4.78, 5) is 20.2. The Morgan fingerprint density at radius 3 is 1.09 bits per heavy atom. The second-order valence-electron chi connectivity index (χ2n) is 24.3. The molecule has 0 radical (unpaired) electrons. The van der Waals surface area contributed by atoms with Crippen LogP contribution in [-0.2, 0) is 9.53 Å². The van der Waals surface area contributed by atoms with E-state index in [2.05, 4.69) is 39.5 Å². The van der Waals surface area contributed by atoms with E-state index in [9.17, 15) is 30.6 Å². The highest BCUT2D eigenvalue weighted by Crippen LogP contribution is 2.24. The van der Waals surface area contributed by atoms with Gasteiger partial charge in [-0.25, -0.2) is 0 Å². The Hall–Kier alpha value is -1.46. The summed E-state index contributed by atoms with van der Waals surface area (Å²) in [5, 5.41) is 56.1. The van der Waals surface area contributed by atoms with Crippen molar-refractivity contribution in [1.82, 2.24) is 14.7 Å². The van der Waals surface area contributed by atoms with E-state index in [1.807, 2.05) is 9.80 Å². The van der Waals surface area contributed by atoms with Crippen LogP contribution >= 0.6 is 0 Å². The van der Waals surface area contributed by atoms with Crippen molar-refractivity contribution in [1.29, 1.82) is 5.41 Å². The summed E-state index contributed by atoms with van der Waals surface area (Å²) in [6.45, 7) is 13.7. The summed E-state index contributed by atoms with van der Waals surface area (Å²) in [7, 11) is 0. The molecule has 0 amide bonds. The average Bonchev–Trinajstić information content (AvgIpc) is 3.40. The van der Waals surface area contributed by atoms with Crippen molar-refractivity contribution in [3.63, 3.8) is 0 Å². The van der Waals surface area contributed by atoms with Crippen LogP contribution in [0.15, 0.2) is 0 Å². The summed E-state index contributed by atoms with van der Waals surface area (Å²) < 4.78 is 6.23. The van der Waals surface area contributed by atoms with Gasteiger partial charge >= 0.3 is 5.97 Å². The Morgan fingerprint density at radius 2 is 0.737 bits per heavy atom. The highest BCUT2D eigenvalue weighted by atomic mass is 16.5. The molecule has 1 aliphatic rings. The first-order valence-corrected chi connectivity index (χ1v) is 33.8. The van der Waals surface area contributed by atoms with E-state index in [-0.39, 0.29) is 31.1 Å². The standard InChI is InChI=1S/C66H132N4O6/c1-6-11-16-21-26-31-36-41-47-59(71)54-68(66(67)70(56-61(73)49-43-38-33-28-23-18-13-8-3)57-62(74)50-44-39-34-29-24-19-14-9-4)53-46-52-64-65(75)76-63(51-45-40-35-30-25-20-15-10-5)58-69(64)55-60(72)48-42-37-32-27-22-17-12-7-2/h59-64,67,71-74H,6-58H2,1-5H3. The van der Waals surface area contributed by atoms with E-state index in [0.29, 0.717) is 58.3 Å². The van der Waals surface area contributed by atoms with Crippen molar-refractivity contribution in [2.45, 2.75) is 373 Å². The van der Waals surface area contributed by atoms with Gasteiger partial charge in [0.2, 0.25) is 0 Å². The monoisotopic (exact) mass is 1080 g/mol. The molecule has 0 spiro atoms. The SMILES string of the molecule is CCCCCCCCCCC(O)CN(CCCC1C(=O)OC(CCCCCCCCCC)CN1CC(O)CCCCCCCCCC)C(=N)N(CC(O)CCCCCCCCCC)CC(O)CCCCCCCCCC. The van der Waals surface area contributed by atoms with Gasteiger partial charge < -0.3 is 35.0 Å². The highest BCUT2D eigenvalue weighted by molar-refractivity contribution is 5.77. The molecule has 0 aliphatic carbocycles. The molecule has 0 saturated carbocycles. The summed E-state index contributed by atoms with van der Waals surface area (Å²) in [5.41, 5.74) is 0. The lowest BCUT2D eigenvalue weighted by Crippen LogP contribution is -2.55. The maximum absolute atomic E-state index is 14.1. The molecule has 0 bridgehead atoms. The number of nitrogens with zero attached hydrogens (tertiary/aromatic N) is 3. The van der Waals surface area contributed by atoms with Crippen molar-refractivity contribution in [2.24, 2.45) is 0 Å². The molecule has 1 rings (SSSR count). The van der Waals surface area contributed by atoms with Crippen molar-refractivity contribution < 1.29 is 30.0 Å². The van der Waals surface area contributed by atoms with Crippen molar-refractivity contribution >= 4 is 11.9 Å². The molecule has 452 valence electrons. The lowest BCUT2D eigenvalue weighted by molar-refractivity contribution is -0.168. The molecule has 1 aliphatic heterocycles. The fourth-order valence-electron chi connectivity index (χ4n) is 11.6. The molecule has 5 N–H and O–H groups in total. The number of carbonyl (C=O) groups excluding carboxylic acids is 1. The first kappa shape index (κ1) is 72.6. The third-order valence-corrected chi connectivity index (χ3v) is 16.6. The van der Waals surface area contributed by atoms with Gasteiger partial charge in [0.25, 0.3) is 0 Å². The minimum atomic E-state index is -0.624. The topological polar surface area (TPSA) is 141 Å². The number of unbranched alkanes of at least 4 members (excludes halogenated alkanes) is 35. The smallest absolute Gasteiger partial charge is 0.323 e. The summed E-state index contributed by atoms with van der Waals surface area (Å²) in [6.07, 6.45) is 50.6. The second-order valence-corrected chi connectivity index (χ2v) is 24.3. The lowest BCUT2D eigenvalue weighted by atomic mass is 10.0. The quantitative estimate of drug-likeness (QED) is 0.0174. The van der Waals surface area contributed by atoms with Crippen molar-refractivity contribution in [3.05, 3.63) is 0 Å². The summed E-state index contributed by atoms with van der Waals surface area (Å²) >= 11 is 0. The maximum Gasteiger partial charge on any atom is 0.323 e. The summed E-state index contributed by atoms with van der Waals surface area (Å²) in [5.74, 6) is 0.0513. The average molecular weight is 1080 g/mol. The van der Waals surface area contributed by atoms with Crippen molar-refractivity contribution in [2.75, 3.05) is 39.3 Å². The molecular weight excluding hydrogens is 945 g/mol. The van der Waals surface area contributed by atoms with Gasteiger partial charge in [-0.1, -0.05) is 285 Å².